The maximum absolute atomic E-state index is 12.6. The highest BCUT2D eigenvalue weighted by molar-refractivity contribution is 8.26. The fraction of sp³-hybridized carbons (Fsp3) is 0.211. The number of aryl methyl sites for hydroxylation is 1. The van der Waals surface area contributed by atoms with E-state index in [1.165, 1.54) is 0 Å². The van der Waals surface area contributed by atoms with Gasteiger partial charge in [0.25, 0.3) is 5.91 Å². The molecule has 1 saturated heterocycles. The van der Waals surface area contributed by atoms with Crippen LogP contribution in [0.1, 0.15) is 24.7 Å². The molecule has 0 unspecified atom stereocenters. The molecule has 1 atom stereocenters. The number of nitrogens with zero attached hydrogens (tertiary/aromatic N) is 1. The Morgan fingerprint density at radius 1 is 1.31 bits per heavy atom. The maximum Gasteiger partial charge on any atom is 0.266 e. The van der Waals surface area contributed by atoms with Crippen LogP contribution in [0.25, 0.3) is 17.4 Å². The van der Waals surface area contributed by atoms with E-state index in [4.69, 9.17) is 16.6 Å². The van der Waals surface area contributed by atoms with Crippen molar-refractivity contribution in [2.45, 2.75) is 26.3 Å². The molecule has 0 spiro atoms. The van der Waals surface area contributed by atoms with Crippen molar-refractivity contribution in [3.63, 3.8) is 0 Å². The first-order chi connectivity index (χ1) is 12.4. The van der Waals surface area contributed by atoms with Crippen LogP contribution in [0.2, 0.25) is 0 Å². The minimum absolute atomic E-state index is 0.211. The summed E-state index contributed by atoms with van der Waals surface area (Å²) in [5, 5.41) is 11.2. The number of rotatable bonds is 5. The van der Waals surface area contributed by atoms with Crippen LogP contribution in [0, 0.1) is 6.92 Å². The molecule has 1 aliphatic rings. The molecule has 0 N–H and O–H groups in total. The van der Waals surface area contributed by atoms with E-state index in [0.29, 0.717) is 16.4 Å². The molecule has 7 heteroatoms. The molecule has 3 rings (SSSR count). The monoisotopic (exact) mass is 386 g/mol. The number of furan rings is 1. The summed E-state index contributed by atoms with van der Waals surface area (Å²) < 4.78 is 6.00. The predicted molar refractivity (Wildman–Crippen MR) is 103 cm³/mol. The fourth-order valence-electron chi connectivity index (χ4n) is 2.64. The second-order valence-corrected chi connectivity index (χ2v) is 7.54. The van der Waals surface area contributed by atoms with Gasteiger partial charge in [-0.3, -0.25) is 9.69 Å². The second kappa shape index (κ2) is 7.47. The Morgan fingerprint density at radius 3 is 2.62 bits per heavy atom. The van der Waals surface area contributed by atoms with Gasteiger partial charge in [-0.2, -0.15) is 0 Å². The van der Waals surface area contributed by atoms with Crippen LogP contribution in [-0.2, 0) is 9.59 Å². The minimum atomic E-state index is -1.32. The number of benzene rings is 1. The van der Waals surface area contributed by atoms with E-state index >= 15 is 0 Å². The topological polar surface area (TPSA) is 73.6 Å². The molecular weight excluding hydrogens is 370 g/mol. The Morgan fingerprint density at radius 2 is 2.00 bits per heavy atom. The molecule has 1 aromatic heterocycles. The first-order valence-electron chi connectivity index (χ1n) is 8.05. The quantitative estimate of drug-likeness (QED) is 0.581. The smallest absolute Gasteiger partial charge is 0.266 e. The number of amides is 1. The molecule has 2 heterocycles. The summed E-state index contributed by atoms with van der Waals surface area (Å²) >= 11 is 6.23. The lowest BCUT2D eigenvalue weighted by Gasteiger charge is -2.26. The van der Waals surface area contributed by atoms with Crippen LogP contribution in [0.4, 0.5) is 0 Å². The highest BCUT2D eigenvalue weighted by atomic mass is 32.2. The van der Waals surface area contributed by atoms with Crippen molar-refractivity contribution in [1.82, 2.24) is 4.90 Å². The fourth-order valence-corrected chi connectivity index (χ4v) is 3.97. The van der Waals surface area contributed by atoms with Gasteiger partial charge in [0, 0.05) is 11.6 Å². The molecule has 0 aliphatic carbocycles. The van der Waals surface area contributed by atoms with Crippen molar-refractivity contribution in [3.05, 3.63) is 52.6 Å². The molecule has 1 amide bonds. The Bertz CT molecular complexity index is 899. The lowest BCUT2D eigenvalue weighted by Crippen LogP contribution is -2.49. The number of carbonyl (C=O) groups excluding carboxylic acids is 2. The van der Waals surface area contributed by atoms with Gasteiger partial charge in [0.1, 0.15) is 15.8 Å². The largest absolute Gasteiger partial charge is 0.548 e. The van der Waals surface area contributed by atoms with Crippen LogP contribution in [0.3, 0.4) is 0 Å². The highest BCUT2D eigenvalue weighted by Gasteiger charge is 2.37. The molecule has 1 fully saturated rings. The Kier molecular flexibility index (Phi) is 5.29. The zero-order chi connectivity index (χ0) is 18.8. The third-order valence-electron chi connectivity index (χ3n) is 4.03. The molecule has 0 saturated carbocycles. The van der Waals surface area contributed by atoms with Crippen molar-refractivity contribution in [3.8, 4) is 11.3 Å². The van der Waals surface area contributed by atoms with E-state index in [9.17, 15) is 14.7 Å². The molecule has 1 aromatic carbocycles. The average molecular weight is 386 g/mol. The number of thiocarbonyl (C=S) groups is 1. The zero-order valence-corrected chi connectivity index (χ0v) is 15.9. The van der Waals surface area contributed by atoms with Crippen LogP contribution in [-0.4, -0.2) is 27.1 Å². The van der Waals surface area contributed by atoms with Gasteiger partial charge >= 0.3 is 0 Å². The SMILES string of the molecule is CC[C@@H](C(=O)[O-])N1C(=O)/C(=C\c2ccc(-c3ccc(C)cc3)o2)SC1=S. The van der Waals surface area contributed by atoms with Gasteiger partial charge in [-0.1, -0.05) is 60.7 Å². The molecule has 1 aliphatic heterocycles. The standard InChI is InChI=1S/C19H17NO4S2/c1-3-14(18(22)23)20-17(21)16(26-19(20)25)10-13-8-9-15(24-13)12-6-4-11(2)5-7-12/h4-10,14H,3H2,1-2H3,(H,22,23)/p-1/b16-10+/t14-/m0/s1. The molecule has 134 valence electrons. The minimum Gasteiger partial charge on any atom is -0.548 e. The number of hydrogen-bond donors (Lipinski definition) is 0. The van der Waals surface area contributed by atoms with Crippen LogP contribution >= 0.6 is 24.0 Å². The molecule has 2 aromatic rings. The Balaban J connectivity index is 1.85. The summed E-state index contributed by atoms with van der Waals surface area (Å²) in [7, 11) is 0. The van der Waals surface area contributed by atoms with E-state index in [-0.39, 0.29) is 10.7 Å². The van der Waals surface area contributed by atoms with Crippen molar-refractivity contribution in [1.29, 1.82) is 0 Å². The van der Waals surface area contributed by atoms with Gasteiger partial charge in [-0.05, 0) is 25.5 Å². The lowest BCUT2D eigenvalue weighted by molar-refractivity contribution is -0.310. The maximum atomic E-state index is 12.6. The van der Waals surface area contributed by atoms with Gasteiger partial charge in [-0.25, -0.2) is 0 Å². The van der Waals surface area contributed by atoms with Crippen LogP contribution in [0.5, 0.6) is 0 Å². The summed E-state index contributed by atoms with van der Waals surface area (Å²) in [6, 6.07) is 10.4. The van der Waals surface area contributed by atoms with Crippen molar-refractivity contribution < 1.29 is 19.1 Å². The van der Waals surface area contributed by atoms with Crippen LogP contribution < -0.4 is 5.11 Å². The van der Waals surface area contributed by atoms with Crippen molar-refractivity contribution in [2.24, 2.45) is 0 Å². The zero-order valence-electron chi connectivity index (χ0n) is 14.2. The number of hydrogen-bond acceptors (Lipinski definition) is 6. The number of carboxylic acids is 1. The summed E-state index contributed by atoms with van der Waals surface area (Å²) in [5.74, 6) is -0.565. The van der Waals surface area contributed by atoms with E-state index < -0.39 is 17.9 Å². The van der Waals surface area contributed by atoms with Gasteiger partial charge in [0.15, 0.2) is 0 Å². The normalized spacial score (nSPS) is 17.2. The lowest BCUT2D eigenvalue weighted by atomic mass is 10.1. The predicted octanol–water partition coefficient (Wildman–Crippen LogP) is 2.98. The highest BCUT2D eigenvalue weighted by Crippen LogP contribution is 2.35. The summed E-state index contributed by atoms with van der Waals surface area (Å²) in [5.41, 5.74) is 2.09. The first kappa shape index (κ1) is 18.4. The summed E-state index contributed by atoms with van der Waals surface area (Å²) in [4.78, 5) is 25.2. The molecule has 5 nitrogen and oxygen atoms in total. The van der Waals surface area contributed by atoms with Crippen molar-refractivity contribution in [2.75, 3.05) is 0 Å². The van der Waals surface area contributed by atoms with E-state index in [0.717, 1.165) is 27.8 Å². The molecule has 0 bridgehead atoms. The van der Waals surface area contributed by atoms with E-state index in [2.05, 4.69) is 0 Å². The number of carboxylic acid groups (broad SMARTS) is 1. The summed E-state index contributed by atoms with van der Waals surface area (Å²) in [6.07, 6.45) is 1.80. The van der Waals surface area contributed by atoms with Gasteiger partial charge in [-0.15, -0.1) is 0 Å². The van der Waals surface area contributed by atoms with Gasteiger partial charge in [0.2, 0.25) is 0 Å². The Hall–Kier alpha value is -2.38. The third-order valence-corrected chi connectivity index (χ3v) is 5.36. The molecular formula is C19H16NO4S2-. The van der Waals surface area contributed by atoms with Crippen molar-refractivity contribution >= 4 is 46.3 Å². The number of aliphatic carboxylic acids is 1. The second-order valence-electron chi connectivity index (χ2n) is 5.86. The van der Waals surface area contributed by atoms with E-state index in [1.54, 1.807) is 19.1 Å². The number of thioether (sulfide) groups is 1. The van der Waals surface area contributed by atoms with Crippen LogP contribution in [0.15, 0.2) is 45.7 Å². The molecule has 26 heavy (non-hydrogen) atoms. The Labute approximate surface area is 160 Å². The van der Waals surface area contributed by atoms with Gasteiger partial charge in [0.05, 0.1) is 16.9 Å². The average Bonchev–Trinajstić information content (AvgIpc) is 3.16. The molecule has 0 radical (unpaired) electrons. The van der Waals surface area contributed by atoms with E-state index in [1.807, 2.05) is 37.3 Å². The third kappa shape index (κ3) is 3.59. The first-order valence-corrected chi connectivity index (χ1v) is 9.28. The summed E-state index contributed by atoms with van der Waals surface area (Å²) in [6.45, 7) is 3.68. The van der Waals surface area contributed by atoms with Gasteiger partial charge < -0.3 is 14.3 Å². The number of carbonyl (C=O) groups is 2.